The molecule has 33 heavy (non-hydrogen) atoms. The minimum atomic E-state index is -0.328. The van der Waals surface area contributed by atoms with Crippen LogP contribution in [0.1, 0.15) is 83.0 Å². The van der Waals surface area contributed by atoms with Crippen LogP contribution in [0, 0.1) is 0 Å². The molecule has 0 bridgehead atoms. The smallest absolute Gasteiger partial charge is 0.246 e. The molecule has 1 heterocycles. The summed E-state index contributed by atoms with van der Waals surface area (Å²) in [5, 5.41) is 2.96. The Kier molecular flexibility index (Phi) is 8.02. The lowest BCUT2D eigenvalue weighted by Crippen LogP contribution is -2.50. The van der Waals surface area contributed by atoms with E-state index in [0.717, 1.165) is 36.7 Å². The number of rotatable bonds is 8. The van der Waals surface area contributed by atoms with Gasteiger partial charge in [0.05, 0.1) is 17.1 Å². The quantitative estimate of drug-likeness (QED) is 0.643. The fraction of sp³-hybridized carbons (Fsp3) is 0.654. The minimum absolute atomic E-state index is 0.000632. The molecule has 0 saturated heterocycles. The summed E-state index contributed by atoms with van der Waals surface area (Å²) in [6.07, 6.45) is 11.9. The zero-order chi connectivity index (χ0) is 23.2. The van der Waals surface area contributed by atoms with Gasteiger partial charge >= 0.3 is 0 Å². The largest absolute Gasteiger partial charge is 0.375 e. The Morgan fingerprint density at radius 2 is 1.67 bits per heavy atom. The van der Waals surface area contributed by atoms with E-state index in [1.54, 1.807) is 0 Å². The average molecular weight is 455 g/mol. The Morgan fingerprint density at radius 1 is 1.06 bits per heavy atom. The van der Waals surface area contributed by atoms with Crippen LogP contribution in [0.15, 0.2) is 24.3 Å². The third kappa shape index (κ3) is 5.57. The van der Waals surface area contributed by atoms with E-state index in [-0.39, 0.29) is 31.0 Å². The first kappa shape index (κ1) is 23.7. The summed E-state index contributed by atoms with van der Waals surface area (Å²) in [7, 11) is 1.50. The predicted octanol–water partition coefficient (Wildman–Crippen LogP) is 4.35. The average Bonchev–Trinajstić information content (AvgIpc) is 3.19. The number of imidazole rings is 1. The molecule has 2 aliphatic rings. The number of benzene rings is 1. The number of carbonyl (C=O) groups excluding carboxylic acids is 2. The molecule has 2 saturated carbocycles. The standard InChI is InChI=1S/C26H38N4O3/c1-19(27-24(31)18-33-2)26-28-22-15-9-10-16-23(22)29(26)17-25(32)30(20-11-5-3-6-12-20)21-13-7-4-8-14-21/h9-10,15-16,19-21H,3-8,11-14,17-18H2,1-2H3,(H,27,31). The van der Waals surface area contributed by atoms with Crippen molar-refractivity contribution in [2.45, 2.75) is 95.8 Å². The van der Waals surface area contributed by atoms with Crippen LogP contribution < -0.4 is 5.32 Å². The molecule has 4 rings (SSSR count). The van der Waals surface area contributed by atoms with Gasteiger partial charge in [0.1, 0.15) is 19.0 Å². The van der Waals surface area contributed by atoms with Gasteiger partial charge in [-0.3, -0.25) is 9.59 Å². The zero-order valence-electron chi connectivity index (χ0n) is 20.1. The number of nitrogens with one attached hydrogen (secondary N) is 1. The van der Waals surface area contributed by atoms with E-state index in [1.165, 1.54) is 45.6 Å². The summed E-state index contributed by atoms with van der Waals surface area (Å²) in [4.78, 5) is 33.1. The van der Waals surface area contributed by atoms with E-state index < -0.39 is 0 Å². The number of methoxy groups -OCH3 is 1. The number of carbonyl (C=O) groups is 2. The van der Waals surface area contributed by atoms with Gasteiger partial charge in [0.25, 0.3) is 0 Å². The lowest BCUT2D eigenvalue weighted by atomic mass is 9.88. The molecular weight excluding hydrogens is 416 g/mol. The normalized spacial score (nSPS) is 18.8. The second kappa shape index (κ2) is 11.1. The number of fused-ring (bicyclic) bond motifs is 1. The summed E-state index contributed by atoms with van der Waals surface area (Å²) >= 11 is 0. The molecule has 1 unspecified atom stereocenters. The summed E-state index contributed by atoms with van der Waals surface area (Å²) in [5.74, 6) is 0.704. The van der Waals surface area contributed by atoms with Gasteiger partial charge in [-0.15, -0.1) is 0 Å². The van der Waals surface area contributed by atoms with Crippen molar-refractivity contribution >= 4 is 22.8 Å². The van der Waals surface area contributed by atoms with Crippen molar-refractivity contribution in [2.24, 2.45) is 0 Å². The summed E-state index contributed by atoms with van der Waals surface area (Å²) in [6.45, 7) is 2.17. The van der Waals surface area contributed by atoms with Crippen LogP contribution in [0.25, 0.3) is 11.0 Å². The Balaban J connectivity index is 1.62. The fourth-order valence-corrected chi connectivity index (χ4v) is 5.71. The van der Waals surface area contributed by atoms with E-state index in [1.807, 2.05) is 35.8 Å². The number of amides is 2. The molecule has 0 spiro atoms. The number of ether oxygens (including phenoxy) is 1. The van der Waals surface area contributed by atoms with E-state index in [4.69, 9.17) is 9.72 Å². The van der Waals surface area contributed by atoms with Crippen LogP contribution in [0.4, 0.5) is 0 Å². The first-order valence-corrected chi connectivity index (χ1v) is 12.6. The number of para-hydroxylation sites is 2. The Labute approximate surface area is 196 Å². The summed E-state index contributed by atoms with van der Waals surface area (Å²) < 4.78 is 6.97. The van der Waals surface area contributed by atoms with Crippen molar-refractivity contribution in [3.8, 4) is 0 Å². The highest BCUT2D eigenvalue weighted by Gasteiger charge is 2.33. The van der Waals surface area contributed by atoms with E-state index >= 15 is 0 Å². The van der Waals surface area contributed by atoms with Crippen LogP contribution >= 0.6 is 0 Å². The number of hydrogen-bond acceptors (Lipinski definition) is 4. The second-order valence-electron chi connectivity index (χ2n) is 9.65. The molecule has 0 aliphatic heterocycles. The Morgan fingerprint density at radius 3 is 2.27 bits per heavy atom. The van der Waals surface area contributed by atoms with E-state index in [2.05, 4.69) is 10.2 Å². The monoisotopic (exact) mass is 454 g/mol. The zero-order valence-corrected chi connectivity index (χ0v) is 20.1. The highest BCUT2D eigenvalue weighted by Crippen LogP contribution is 2.31. The molecule has 7 heteroatoms. The van der Waals surface area contributed by atoms with E-state index in [0.29, 0.717) is 17.9 Å². The molecule has 0 radical (unpaired) electrons. The highest BCUT2D eigenvalue weighted by molar-refractivity contribution is 5.82. The van der Waals surface area contributed by atoms with Crippen molar-refractivity contribution < 1.29 is 14.3 Å². The Hall–Kier alpha value is -2.41. The van der Waals surface area contributed by atoms with Crippen LogP contribution in [-0.4, -0.2) is 52.1 Å². The lowest BCUT2D eigenvalue weighted by Gasteiger charge is -2.42. The molecule has 1 N–H and O–H groups in total. The number of aromatic nitrogens is 2. The summed E-state index contributed by atoms with van der Waals surface area (Å²) in [6, 6.07) is 8.28. The molecule has 2 amide bonds. The van der Waals surface area contributed by atoms with E-state index in [9.17, 15) is 9.59 Å². The van der Waals surface area contributed by atoms with Crippen LogP contribution in [0.5, 0.6) is 0 Å². The maximum atomic E-state index is 13.9. The van der Waals surface area contributed by atoms with Crippen LogP contribution in [-0.2, 0) is 20.9 Å². The highest BCUT2D eigenvalue weighted by atomic mass is 16.5. The summed E-state index contributed by atoms with van der Waals surface area (Å²) in [5.41, 5.74) is 1.77. The van der Waals surface area contributed by atoms with Gasteiger partial charge < -0.3 is 19.5 Å². The molecule has 1 atom stereocenters. The molecule has 2 fully saturated rings. The molecule has 1 aromatic carbocycles. The molecular formula is C26H38N4O3. The van der Waals surface area contributed by atoms with Gasteiger partial charge in [-0.05, 0) is 44.7 Å². The van der Waals surface area contributed by atoms with Gasteiger partial charge in [-0.2, -0.15) is 0 Å². The minimum Gasteiger partial charge on any atom is -0.375 e. The molecule has 180 valence electrons. The second-order valence-corrected chi connectivity index (χ2v) is 9.65. The Bertz CT molecular complexity index is 926. The predicted molar refractivity (Wildman–Crippen MR) is 129 cm³/mol. The topological polar surface area (TPSA) is 76.5 Å². The first-order chi connectivity index (χ1) is 16.1. The maximum Gasteiger partial charge on any atom is 0.246 e. The van der Waals surface area contributed by atoms with Gasteiger partial charge in [-0.1, -0.05) is 50.7 Å². The van der Waals surface area contributed by atoms with Crippen LogP contribution in [0.3, 0.4) is 0 Å². The molecule has 7 nitrogen and oxygen atoms in total. The van der Waals surface area contributed by atoms with Crippen molar-refractivity contribution in [3.63, 3.8) is 0 Å². The van der Waals surface area contributed by atoms with Gasteiger partial charge in [0, 0.05) is 19.2 Å². The van der Waals surface area contributed by atoms with Crippen molar-refractivity contribution in [1.82, 2.24) is 19.8 Å². The third-order valence-corrected chi connectivity index (χ3v) is 7.24. The molecule has 1 aromatic heterocycles. The van der Waals surface area contributed by atoms with Crippen molar-refractivity contribution in [1.29, 1.82) is 0 Å². The molecule has 2 aromatic rings. The maximum absolute atomic E-state index is 13.9. The van der Waals surface area contributed by atoms with Crippen molar-refractivity contribution in [2.75, 3.05) is 13.7 Å². The SMILES string of the molecule is COCC(=O)NC(C)c1nc2ccccc2n1CC(=O)N(C1CCCCC1)C1CCCCC1. The molecule has 2 aliphatic carbocycles. The first-order valence-electron chi connectivity index (χ1n) is 12.6. The number of hydrogen-bond donors (Lipinski definition) is 1. The van der Waals surface area contributed by atoms with Gasteiger partial charge in [-0.25, -0.2) is 4.98 Å². The lowest BCUT2D eigenvalue weighted by molar-refractivity contribution is -0.138. The third-order valence-electron chi connectivity index (χ3n) is 7.24. The van der Waals surface area contributed by atoms with Gasteiger partial charge in [0.2, 0.25) is 11.8 Å². The van der Waals surface area contributed by atoms with Crippen molar-refractivity contribution in [3.05, 3.63) is 30.1 Å². The fourth-order valence-electron chi connectivity index (χ4n) is 5.71. The van der Waals surface area contributed by atoms with Gasteiger partial charge in [0.15, 0.2) is 0 Å². The van der Waals surface area contributed by atoms with Crippen LogP contribution in [0.2, 0.25) is 0 Å². The number of nitrogens with zero attached hydrogens (tertiary/aromatic N) is 3.